The van der Waals surface area contributed by atoms with Crippen LogP contribution in [0.1, 0.15) is 25.7 Å². The van der Waals surface area contributed by atoms with Crippen LogP contribution in [0.3, 0.4) is 0 Å². The largest absolute Gasteiger partial charge is 0.481 e. The van der Waals surface area contributed by atoms with Crippen molar-refractivity contribution < 1.29 is 15.0 Å². The van der Waals surface area contributed by atoms with Gasteiger partial charge in [0.1, 0.15) is 0 Å². The number of aromatic amines is 1. The van der Waals surface area contributed by atoms with Gasteiger partial charge in [0.15, 0.2) is 5.16 Å². The zero-order valence-corrected chi connectivity index (χ0v) is 12.4. The molecule has 9 heteroatoms. The van der Waals surface area contributed by atoms with Gasteiger partial charge in [-0.05, 0) is 25.7 Å². The molecule has 1 aromatic heterocycles. The highest BCUT2D eigenvalue weighted by Crippen LogP contribution is 2.35. The maximum absolute atomic E-state index is 11.2. The van der Waals surface area contributed by atoms with Gasteiger partial charge in [0, 0.05) is 12.8 Å². The second-order valence-corrected chi connectivity index (χ2v) is 6.27. The van der Waals surface area contributed by atoms with Crippen LogP contribution >= 0.6 is 11.8 Å². The van der Waals surface area contributed by atoms with Gasteiger partial charge >= 0.3 is 17.1 Å². The fraction of sp³-hybridized carbons (Fsp3) is 0.667. The number of nitrogens with one attached hydrogen (secondary N) is 1. The number of carboxylic acids is 1. The van der Waals surface area contributed by atoms with Crippen molar-refractivity contribution in [3.8, 4) is 0 Å². The molecule has 1 saturated carbocycles. The van der Waals surface area contributed by atoms with E-state index in [4.69, 9.17) is 5.11 Å². The minimum Gasteiger partial charge on any atom is -0.481 e. The van der Waals surface area contributed by atoms with Crippen LogP contribution in [0.2, 0.25) is 0 Å². The molecule has 3 N–H and O–H groups in total. The lowest BCUT2D eigenvalue weighted by molar-refractivity contribution is -0.144. The van der Waals surface area contributed by atoms with Gasteiger partial charge < -0.3 is 10.2 Å². The number of nitrogens with zero attached hydrogens (tertiary/aromatic N) is 2. The molecule has 1 heterocycles. The molecule has 1 aliphatic carbocycles. The first-order chi connectivity index (χ1) is 9.81. The summed E-state index contributed by atoms with van der Waals surface area (Å²) in [6.07, 6.45) is 1.66. The molecule has 0 radical (unpaired) electrons. The van der Waals surface area contributed by atoms with E-state index in [1.54, 1.807) is 7.05 Å². The lowest BCUT2D eigenvalue weighted by Gasteiger charge is -2.34. The van der Waals surface area contributed by atoms with Crippen LogP contribution in [0.5, 0.6) is 0 Å². The normalized spacial score (nSPS) is 25.7. The van der Waals surface area contributed by atoms with Crippen LogP contribution in [-0.2, 0) is 11.8 Å². The van der Waals surface area contributed by atoms with E-state index in [9.17, 15) is 19.5 Å². The summed E-state index contributed by atoms with van der Waals surface area (Å²) in [5, 5.41) is 22.0. The number of hydrogen-bond acceptors (Lipinski definition) is 6. The molecule has 1 fully saturated rings. The van der Waals surface area contributed by atoms with Crippen LogP contribution < -0.4 is 11.1 Å². The van der Waals surface area contributed by atoms with Gasteiger partial charge in [0.2, 0.25) is 0 Å². The lowest BCUT2D eigenvalue weighted by Crippen LogP contribution is -2.39. The molecule has 21 heavy (non-hydrogen) atoms. The maximum Gasteiger partial charge on any atom is 0.339 e. The van der Waals surface area contributed by atoms with Crippen molar-refractivity contribution in [2.45, 2.75) is 36.4 Å². The summed E-state index contributed by atoms with van der Waals surface area (Å²) in [4.78, 5) is 36.9. The number of rotatable bonds is 4. The SMILES string of the molecule is Cn1[nH]c(=O)c(=O)nc1SCC1(O)CCC(C(=O)O)CC1. The number of carbonyl (C=O) groups is 1. The van der Waals surface area contributed by atoms with E-state index in [0.717, 1.165) is 0 Å². The number of carboxylic acid groups (broad SMARTS) is 1. The summed E-state index contributed by atoms with van der Waals surface area (Å²) < 4.78 is 1.33. The van der Waals surface area contributed by atoms with E-state index in [-0.39, 0.29) is 0 Å². The smallest absolute Gasteiger partial charge is 0.339 e. The molecular formula is C12H17N3O5S. The molecule has 0 aromatic carbocycles. The summed E-state index contributed by atoms with van der Waals surface area (Å²) in [6, 6.07) is 0. The van der Waals surface area contributed by atoms with Gasteiger partial charge in [-0.15, -0.1) is 0 Å². The quantitative estimate of drug-likeness (QED) is 0.508. The average molecular weight is 315 g/mol. The van der Waals surface area contributed by atoms with Crippen LogP contribution in [0.25, 0.3) is 0 Å². The highest BCUT2D eigenvalue weighted by atomic mass is 32.2. The predicted molar refractivity (Wildman–Crippen MR) is 75.4 cm³/mol. The Balaban J connectivity index is 2.00. The summed E-state index contributed by atoms with van der Waals surface area (Å²) in [5.74, 6) is -0.925. The molecule has 2 rings (SSSR count). The predicted octanol–water partition coefficient (Wildman–Crippen LogP) is -0.433. The summed E-state index contributed by atoms with van der Waals surface area (Å²) >= 11 is 1.17. The first kappa shape index (κ1) is 15.8. The fourth-order valence-corrected chi connectivity index (χ4v) is 3.41. The summed E-state index contributed by atoms with van der Waals surface area (Å²) in [6.45, 7) is 0. The third-order valence-corrected chi connectivity index (χ3v) is 4.99. The van der Waals surface area contributed by atoms with Crippen molar-refractivity contribution >= 4 is 17.7 Å². The molecule has 0 spiro atoms. The Morgan fingerprint density at radius 1 is 1.48 bits per heavy atom. The molecular weight excluding hydrogens is 298 g/mol. The van der Waals surface area contributed by atoms with E-state index >= 15 is 0 Å². The van der Waals surface area contributed by atoms with Crippen molar-refractivity contribution in [1.29, 1.82) is 0 Å². The topological polar surface area (TPSA) is 125 Å². The number of hydrogen-bond donors (Lipinski definition) is 3. The van der Waals surface area contributed by atoms with Crippen molar-refractivity contribution in [3.05, 3.63) is 20.7 Å². The van der Waals surface area contributed by atoms with E-state index < -0.39 is 28.6 Å². The van der Waals surface area contributed by atoms with Crippen LogP contribution in [0.15, 0.2) is 14.7 Å². The van der Waals surface area contributed by atoms with Crippen molar-refractivity contribution in [2.75, 3.05) is 5.75 Å². The number of aliphatic carboxylic acids is 1. The third kappa shape index (κ3) is 3.73. The van der Waals surface area contributed by atoms with Crippen molar-refractivity contribution in [3.63, 3.8) is 0 Å². The lowest BCUT2D eigenvalue weighted by atomic mass is 9.80. The number of aromatic nitrogens is 3. The van der Waals surface area contributed by atoms with Gasteiger partial charge in [0.25, 0.3) is 0 Å². The average Bonchev–Trinajstić information content (AvgIpc) is 2.42. The fourth-order valence-electron chi connectivity index (χ4n) is 2.34. The molecule has 1 aromatic rings. The molecule has 116 valence electrons. The molecule has 0 atom stereocenters. The third-order valence-electron chi connectivity index (χ3n) is 3.68. The van der Waals surface area contributed by atoms with Gasteiger partial charge in [-0.25, -0.2) is 0 Å². The Hall–Kier alpha value is -1.61. The van der Waals surface area contributed by atoms with E-state index in [0.29, 0.717) is 36.6 Å². The Morgan fingerprint density at radius 3 is 2.67 bits per heavy atom. The van der Waals surface area contributed by atoms with E-state index in [1.807, 2.05) is 0 Å². The van der Waals surface area contributed by atoms with Gasteiger partial charge in [0.05, 0.1) is 11.5 Å². The Bertz CT molecular complexity index is 645. The molecule has 0 saturated heterocycles. The van der Waals surface area contributed by atoms with E-state index in [1.165, 1.54) is 16.4 Å². The number of aliphatic hydroxyl groups is 1. The first-order valence-electron chi connectivity index (χ1n) is 6.56. The Kier molecular flexibility index (Phi) is 4.52. The summed E-state index contributed by atoms with van der Waals surface area (Å²) in [7, 11) is 1.56. The molecule has 8 nitrogen and oxygen atoms in total. The Labute approximate surface area is 124 Å². The minimum atomic E-state index is -0.968. The molecule has 0 bridgehead atoms. The standard InChI is InChI=1S/C12H17N3O5S/c1-15-11(13-8(16)9(17)14-15)21-6-12(20)4-2-7(3-5-12)10(18)19/h7,20H,2-6H2,1H3,(H,14,17)(H,18,19). The molecule has 1 aliphatic rings. The van der Waals surface area contributed by atoms with Gasteiger partial charge in [-0.3, -0.25) is 24.2 Å². The van der Waals surface area contributed by atoms with Gasteiger partial charge in [-0.2, -0.15) is 4.98 Å². The van der Waals surface area contributed by atoms with Crippen LogP contribution in [-0.4, -0.2) is 42.3 Å². The van der Waals surface area contributed by atoms with Gasteiger partial charge in [-0.1, -0.05) is 11.8 Å². The number of thioether (sulfide) groups is 1. The first-order valence-corrected chi connectivity index (χ1v) is 7.55. The maximum atomic E-state index is 11.2. The second-order valence-electron chi connectivity index (χ2n) is 5.33. The van der Waals surface area contributed by atoms with Crippen LogP contribution in [0, 0.1) is 5.92 Å². The monoisotopic (exact) mass is 315 g/mol. The highest BCUT2D eigenvalue weighted by molar-refractivity contribution is 7.99. The molecule has 0 aliphatic heterocycles. The summed E-state index contributed by atoms with van der Waals surface area (Å²) in [5.41, 5.74) is -2.62. The van der Waals surface area contributed by atoms with E-state index in [2.05, 4.69) is 10.1 Å². The minimum absolute atomic E-state index is 0.297. The number of aryl methyl sites for hydroxylation is 1. The van der Waals surface area contributed by atoms with Crippen molar-refractivity contribution in [2.24, 2.45) is 13.0 Å². The zero-order chi connectivity index (χ0) is 15.6. The Morgan fingerprint density at radius 2 is 2.10 bits per heavy atom. The van der Waals surface area contributed by atoms with Crippen LogP contribution in [0.4, 0.5) is 0 Å². The highest BCUT2D eigenvalue weighted by Gasteiger charge is 2.36. The van der Waals surface area contributed by atoms with Crippen molar-refractivity contribution in [1.82, 2.24) is 14.8 Å². The zero-order valence-electron chi connectivity index (χ0n) is 11.5. The second kappa shape index (κ2) is 6.02. The number of H-pyrrole nitrogens is 1. The molecule has 0 amide bonds. The molecule has 0 unspecified atom stereocenters.